The number of nitro benzene ring substituents is 1. The molecule has 1 aromatic carbocycles. The number of aliphatic imine (C=N–C) groups is 1. The summed E-state index contributed by atoms with van der Waals surface area (Å²) >= 11 is 0. The van der Waals surface area contributed by atoms with E-state index in [9.17, 15) is 10.1 Å². The van der Waals surface area contributed by atoms with E-state index in [0.29, 0.717) is 5.56 Å². The van der Waals surface area contributed by atoms with Gasteiger partial charge in [0.1, 0.15) is 5.54 Å². The lowest BCUT2D eigenvalue weighted by atomic mass is 10.0. The van der Waals surface area contributed by atoms with Crippen molar-refractivity contribution < 1.29 is 20.2 Å². The van der Waals surface area contributed by atoms with Gasteiger partial charge in [-0.05, 0) is 17.7 Å². The highest BCUT2D eigenvalue weighted by atomic mass is 16.6. The Hall–Kier alpha value is -1.83. The van der Waals surface area contributed by atoms with Crippen molar-refractivity contribution >= 4 is 11.9 Å². The smallest absolute Gasteiger partial charge is 0.269 e. The zero-order valence-corrected chi connectivity index (χ0v) is 9.56. The standard InChI is InChI=1S/C11H14N2O5/c14-6-11(7-15,8-16)12-5-9-1-3-10(4-2-9)13(17)18/h1-5,14-16H,6-8H2. The average molecular weight is 254 g/mol. The molecular weight excluding hydrogens is 240 g/mol. The number of aliphatic hydroxyl groups is 3. The normalized spacial score (nSPS) is 11.9. The van der Waals surface area contributed by atoms with Crippen LogP contribution in [0.1, 0.15) is 5.56 Å². The molecule has 0 saturated carbocycles. The van der Waals surface area contributed by atoms with Gasteiger partial charge >= 0.3 is 0 Å². The molecule has 0 aromatic heterocycles. The molecule has 98 valence electrons. The highest BCUT2D eigenvalue weighted by Crippen LogP contribution is 2.12. The molecule has 0 amide bonds. The van der Waals surface area contributed by atoms with Crippen molar-refractivity contribution in [2.24, 2.45) is 4.99 Å². The van der Waals surface area contributed by atoms with Crippen LogP contribution in [-0.2, 0) is 0 Å². The van der Waals surface area contributed by atoms with Crippen molar-refractivity contribution in [1.29, 1.82) is 0 Å². The molecular formula is C11H14N2O5. The molecule has 0 unspecified atom stereocenters. The van der Waals surface area contributed by atoms with Crippen molar-refractivity contribution in [3.8, 4) is 0 Å². The Labute approximate surface area is 103 Å². The van der Waals surface area contributed by atoms with Crippen LogP contribution in [0, 0.1) is 10.1 Å². The minimum absolute atomic E-state index is 0.0371. The number of hydrogen-bond acceptors (Lipinski definition) is 6. The van der Waals surface area contributed by atoms with Crippen LogP contribution in [0.15, 0.2) is 29.3 Å². The van der Waals surface area contributed by atoms with Crippen LogP contribution in [0.4, 0.5) is 5.69 Å². The van der Waals surface area contributed by atoms with E-state index >= 15 is 0 Å². The quantitative estimate of drug-likeness (QED) is 0.367. The van der Waals surface area contributed by atoms with E-state index in [-0.39, 0.29) is 5.69 Å². The number of nitro groups is 1. The first-order valence-corrected chi connectivity index (χ1v) is 5.19. The third-order valence-electron chi connectivity index (χ3n) is 2.47. The Morgan fingerprint density at radius 2 is 1.67 bits per heavy atom. The number of hydrogen-bond donors (Lipinski definition) is 3. The summed E-state index contributed by atoms with van der Waals surface area (Å²) in [5.41, 5.74) is -0.799. The van der Waals surface area contributed by atoms with Gasteiger partial charge in [0.05, 0.1) is 24.7 Å². The molecule has 0 aliphatic rings. The molecule has 0 fully saturated rings. The molecule has 0 spiro atoms. The molecule has 0 saturated heterocycles. The van der Waals surface area contributed by atoms with Gasteiger partial charge in [-0.2, -0.15) is 0 Å². The maximum absolute atomic E-state index is 10.4. The number of benzene rings is 1. The molecule has 0 bridgehead atoms. The lowest BCUT2D eigenvalue weighted by Gasteiger charge is -2.21. The second kappa shape index (κ2) is 6.20. The van der Waals surface area contributed by atoms with Crippen LogP contribution < -0.4 is 0 Å². The fourth-order valence-corrected chi connectivity index (χ4v) is 1.17. The first-order valence-electron chi connectivity index (χ1n) is 5.19. The first kappa shape index (κ1) is 14.2. The second-order valence-electron chi connectivity index (χ2n) is 3.81. The van der Waals surface area contributed by atoms with Crippen molar-refractivity contribution in [2.45, 2.75) is 5.54 Å². The van der Waals surface area contributed by atoms with E-state index in [2.05, 4.69) is 4.99 Å². The zero-order chi connectivity index (χ0) is 13.6. The van der Waals surface area contributed by atoms with Gasteiger partial charge in [-0.1, -0.05) is 0 Å². The van der Waals surface area contributed by atoms with Crippen molar-refractivity contribution in [2.75, 3.05) is 19.8 Å². The minimum Gasteiger partial charge on any atom is -0.394 e. The third kappa shape index (κ3) is 3.33. The SMILES string of the molecule is O=[N+]([O-])c1ccc(C=NC(CO)(CO)CO)cc1. The summed E-state index contributed by atoms with van der Waals surface area (Å²) in [5, 5.41) is 37.6. The zero-order valence-electron chi connectivity index (χ0n) is 9.56. The molecule has 1 rings (SSSR count). The molecule has 0 aliphatic heterocycles. The fourth-order valence-electron chi connectivity index (χ4n) is 1.17. The van der Waals surface area contributed by atoms with Crippen molar-refractivity contribution in [3.05, 3.63) is 39.9 Å². The summed E-state index contributed by atoms with van der Waals surface area (Å²) in [6.45, 7) is -1.49. The fraction of sp³-hybridized carbons (Fsp3) is 0.364. The van der Waals surface area contributed by atoms with Gasteiger partial charge in [-0.25, -0.2) is 0 Å². The van der Waals surface area contributed by atoms with Crippen molar-refractivity contribution in [1.82, 2.24) is 0 Å². The highest BCUT2D eigenvalue weighted by molar-refractivity contribution is 5.80. The van der Waals surface area contributed by atoms with E-state index < -0.39 is 30.3 Å². The summed E-state index contributed by atoms with van der Waals surface area (Å²) in [4.78, 5) is 13.8. The van der Waals surface area contributed by atoms with Gasteiger partial charge in [0, 0.05) is 18.3 Å². The van der Waals surface area contributed by atoms with Crippen LogP contribution in [0.2, 0.25) is 0 Å². The van der Waals surface area contributed by atoms with E-state index in [4.69, 9.17) is 15.3 Å². The molecule has 0 aliphatic carbocycles. The van der Waals surface area contributed by atoms with E-state index in [0.717, 1.165) is 0 Å². The van der Waals surface area contributed by atoms with Gasteiger partial charge in [-0.15, -0.1) is 0 Å². The Bertz CT molecular complexity index is 417. The lowest BCUT2D eigenvalue weighted by molar-refractivity contribution is -0.384. The largest absolute Gasteiger partial charge is 0.394 e. The van der Waals surface area contributed by atoms with Crippen LogP contribution in [0.5, 0.6) is 0 Å². The van der Waals surface area contributed by atoms with Crippen LogP contribution in [0.3, 0.4) is 0 Å². The molecule has 3 N–H and O–H groups in total. The van der Waals surface area contributed by atoms with Crippen molar-refractivity contribution in [3.63, 3.8) is 0 Å². The summed E-state index contributed by atoms with van der Waals surface area (Å²) in [6.07, 6.45) is 1.34. The number of aliphatic hydroxyl groups excluding tert-OH is 3. The van der Waals surface area contributed by atoms with E-state index in [1.807, 2.05) is 0 Å². The second-order valence-corrected chi connectivity index (χ2v) is 3.81. The average Bonchev–Trinajstić information content (AvgIpc) is 2.41. The number of rotatable bonds is 6. The third-order valence-corrected chi connectivity index (χ3v) is 2.47. The van der Waals surface area contributed by atoms with Gasteiger partial charge in [-0.3, -0.25) is 15.1 Å². The maximum Gasteiger partial charge on any atom is 0.269 e. The monoisotopic (exact) mass is 254 g/mol. The summed E-state index contributed by atoms with van der Waals surface area (Å²) in [6, 6.07) is 5.61. The van der Waals surface area contributed by atoms with E-state index in [1.165, 1.54) is 30.5 Å². The van der Waals surface area contributed by atoms with Crippen LogP contribution in [0.25, 0.3) is 0 Å². The van der Waals surface area contributed by atoms with Gasteiger partial charge < -0.3 is 15.3 Å². The van der Waals surface area contributed by atoms with Gasteiger partial charge in [0.2, 0.25) is 0 Å². The molecule has 18 heavy (non-hydrogen) atoms. The molecule has 1 aromatic rings. The predicted molar refractivity (Wildman–Crippen MR) is 64.7 cm³/mol. The minimum atomic E-state index is -1.33. The molecule has 0 heterocycles. The molecule has 7 heteroatoms. The number of non-ortho nitro benzene ring substituents is 1. The van der Waals surface area contributed by atoms with Crippen LogP contribution in [-0.4, -0.2) is 51.8 Å². The van der Waals surface area contributed by atoms with Crippen LogP contribution >= 0.6 is 0 Å². The Morgan fingerprint density at radius 1 is 1.17 bits per heavy atom. The number of nitrogens with zero attached hydrogens (tertiary/aromatic N) is 2. The summed E-state index contributed by atoms with van der Waals surface area (Å²) in [7, 11) is 0. The first-order chi connectivity index (χ1) is 8.56. The summed E-state index contributed by atoms with van der Waals surface area (Å²) in [5.74, 6) is 0. The molecule has 0 radical (unpaired) electrons. The lowest BCUT2D eigenvalue weighted by Crippen LogP contribution is -2.39. The van der Waals surface area contributed by atoms with Gasteiger partial charge in [0.25, 0.3) is 5.69 Å². The molecule has 0 atom stereocenters. The Morgan fingerprint density at radius 3 is 2.06 bits per heavy atom. The Balaban J connectivity index is 2.86. The van der Waals surface area contributed by atoms with E-state index in [1.54, 1.807) is 0 Å². The predicted octanol–water partition coefficient (Wildman–Crippen LogP) is -0.271. The summed E-state index contributed by atoms with van der Waals surface area (Å²) < 4.78 is 0. The topological polar surface area (TPSA) is 116 Å². The highest BCUT2D eigenvalue weighted by Gasteiger charge is 2.26. The Kier molecular flexibility index (Phi) is 4.90. The van der Waals surface area contributed by atoms with Gasteiger partial charge in [0.15, 0.2) is 0 Å². The maximum atomic E-state index is 10.4. The molecule has 7 nitrogen and oxygen atoms in total.